The molecule has 1 aromatic carbocycles. The first-order valence-electron chi connectivity index (χ1n) is 6.77. The van der Waals surface area contributed by atoms with Gasteiger partial charge in [-0.25, -0.2) is 0 Å². The van der Waals surface area contributed by atoms with Crippen molar-refractivity contribution in [1.29, 1.82) is 0 Å². The van der Waals surface area contributed by atoms with Crippen molar-refractivity contribution in [2.45, 2.75) is 39.0 Å². The molecule has 1 aromatic rings. The van der Waals surface area contributed by atoms with E-state index in [9.17, 15) is 10.2 Å². The van der Waals surface area contributed by atoms with E-state index in [4.69, 9.17) is 5.73 Å². The predicted molar refractivity (Wildman–Crippen MR) is 77.7 cm³/mol. The Morgan fingerprint density at radius 2 is 1.84 bits per heavy atom. The number of hydrogen-bond acceptors (Lipinski definition) is 4. The van der Waals surface area contributed by atoms with Crippen LogP contribution in [0.2, 0.25) is 0 Å². The van der Waals surface area contributed by atoms with E-state index in [1.165, 1.54) is 0 Å². The van der Waals surface area contributed by atoms with Crippen molar-refractivity contribution in [3.05, 3.63) is 35.4 Å². The number of aliphatic hydroxyl groups excluding tert-OH is 1. The monoisotopic (exact) mass is 266 g/mol. The molecule has 0 aliphatic rings. The van der Waals surface area contributed by atoms with Crippen LogP contribution in [0.25, 0.3) is 0 Å². The van der Waals surface area contributed by atoms with Crippen LogP contribution in [0.3, 0.4) is 0 Å². The molecule has 19 heavy (non-hydrogen) atoms. The van der Waals surface area contributed by atoms with Gasteiger partial charge in [0.25, 0.3) is 0 Å². The minimum Gasteiger partial charge on any atom is -0.389 e. The molecule has 0 aliphatic carbocycles. The molecule has 4 heteroatoms. The normalized spacial score (nSPS) is 13.8. The summed E-state index contributed by atoms with van der Waals surface area (Å²) in [7, 11) is 0. The molecule has 0 saturated carbocycles. The maximum atomic E-state index is 10.2. The summed E-state index contributed by atoms with van der Waals surface area (Å²) >= 11 is 0. The quantitative estimate of drug-likeness (QED) is 0.695. The highest BCUT2D eigenvalue weighted by atomic mass is 16.3. The molecule has 1 unspecified atom stereocenters. The summed E-state index contributed by atoms with van der Waals surface area (Å²) in [4.78, 5) is 2.04. The van der Waals surface area contributed by atoms with Crippen molar-refractivity contribution in [2.75, 3.05) is 19.6 Å². The Morgan fingerprint density at radius 1 is 1.26 bits per heavy atom. The molecule has 108 valence electrons. The van der Waals surface area contributed by atoms with Gasteiger partial charge in [0.15, 0.2) is 0 Å². The van der Waals surface area contributed by atoms with E-state index >= 15 is 0 Å². The first-order valence-corrected chi connectivity index (χ1v) is 6.77. The van der Waals surface area contributed by atoms with E-state index < -0.39 is 11.7 Å². The van der Waals surface area contributed by atoms with Gasteiger partial charge in [-0.2, -0.15) is 0 Å². The lowest BCUT2D eigenvalue weighted by Gasteiger charge is -2.29. The third kappa shape index (κ3) is 5.70. The maximum Gasteiger partial charge on any atom is 0.0916 e. The Hall–Kier alpha value is -0.940. The molecule has 0 fully saturated rings. The molecule has 0 spiro atoms. The predicted octanol–water partition coefficient (Wildman–Crippen LogP) is 1.27. The first-order chi connectivity index (χ1) is 8.85. The van der Waals surface area contributed by atoms with E-state index in [-0.39, 0.29) is 0 Å². The van der Waals surface area contributed by atoms with Crippen molar-refractivity contribution >= 4 is 0 Å². The summed E-state index contributed by atoms with van der Waals surface area (Å²) in [5, 5.41) is 20.1. The third-order valence-corrected chi connectivity index (χ3v) is 3.09. The fraction of sp³-hybridized carbons (Fsp3) is 0.600. The second kappa shape index (κ2) is 7.01. The van der Waals surface area contributed by atoms with Crippen LogP contribution in [0.5, 0.6) is 0 Å². The fourth-order valence-electron chi connectivity index (χ4n) is 2.08. The van der Waals surface area contributed by atoms with E-state index in [2.05, 4.69) is 0 Å². The Balaban J connectivity index is 2.63. The van der Waals surface area contributed by atoms with Gasteiger partial charge in [-0.15, -0.1) is 0 Å². The van der Waals surface area contributed by atoms with Gasteiger partial charge in [-0.1, -0.05) is 31.2 Å². The zero-order chi connectivity index (χ0) is 14.5. The van der Waals surface area contributed by atoms with Gasteiger partial charge in [-0.05, 0) is 31.5 Å². The lowest BCUT2D eigenvalue weighted by Crippen LogP contribution is -2.40. The van der Waals surface area contributed by atoms with E-state index in [1.54, 1.807) is 13.8 Å². The van der Waals surface area contributed by atoms with Crippen LogP contribution in [0.15, 0.2) is 24.3 Å². The topological polar surface area (TPSA) is 69.7 Å². The number of nitrogens with two attached hydrogens (primary N) is 1. The van der Waals surface area contributed by atoms with E-state index in [0.29, 0.717) is 19.6 Å². The molecular formula is C15H26N2O2. The summed E-state index contributed by atoms with van der Waals surface area (Å²) in [6.45, 7) is 7.94. The second-order valence-corrected chi connectivity index (χ2v) is 5.60. The minimum atomic E-state index is -0.751. The lowest BCUT2D eigenvalue weighted by atomic mass is 10.1. The zero-order valence-electron chi connectivity index (χ0n) is 12.1. The Morgan fingerprint density at radius 3 is 2.26 bits per heavy atom. The molecule has 1 atom stereocenters. The van der Waals surface area contributed by atoms with Crippen molar-refractivity contribution in [3.63, 3.8) is 0 Å². The highest BCUT2D eigenvalue weighted by Crippen LogP contribution is 2.16. The number of likely N-dealkylation sites (N-methyl/N-ethyl adjacent to an activating group) is 1. The molecule has 4 N–H and O–H groups in total. The average Bonchev–Trinajstić information content (AvgIpc) is 2.36. The van der Waals surface area contributed by atoms with Crippen LogP contribution >= 0.6 is 0 Å². The van der Waals surface area contributed by atoms with Crippen LogP contribution in [-0.2, 0) is 6.54 Å². The summed E-state index contributed by atoms with van der Waals surface area (Å²) in [5.74, 6) is 0. The van der Waals surface area contributed by atoms with Crippen LogP contribution < -0.4 is 5.73 Å². The second-order valence-electron chi connectivity index (χ2n) is 5.60. The first kappa shape index (κ1) is 16.1. The summed E-state index contributed by atoms with van der Waals surface area (Å²) < 4.78 is 0. The standard InChI is InChI=1S/C15H26N2O2/c1-4-17(11-15(2,3)19)10-14(18)13-7-5-12(9-16)6-8-13/h5-8,14,18-19H,4,9-11,16H2,1-3H3. The van der Waals surface area contributed by atoms with Gasteiger partial charge in [0.1, 0.15) is 0 Å². The number of benzene rings is 1. The molecule has 0 radical (unpaired) electrons. The van der Waals surface area contributed by atoms with Crippen LogP contribution in [0.1, 0.15) is 38.0 Å². The lowest BCUT2D eigenvalue weighted by molar-refractivity contribution is 0.0203. The summed E-state index contributed by atoms with van der Waals surface area (Å²) in [5.41, 5.74) is 6.73. The number of nitrogens with zero attached hydrogens (tertiary/aromatic N) is 1. The summed E-state index contributed by atoms with van der Waals surface area (Å²) in [6, 6.07) is 7.69. The Bertz CT molecular complexity index is 371. The van der Waals surface area contributed by atoms with E-state index in [1.807, 2.05) is 36.1 Å². The molecule has 0 heterocycles. The molecule has 0 amide bonds. The van der Waals surface area contributed by atoms with Gasteiger partial charge in [-0.3, -0.25) is 4.90 Å². The van der Waals surface area contributed by atoms with E-state index in [0.717, 1.165) is 17.7 Å². The molecule has 0 aromatic heterocycles. The van der Waals surface area contributed by atoms with Crippen molar-refractivity contribution in [1.82, 2.24) is 4.90 Å². The summed E-state index contributed by atoms with van der Waals surface area (Å²) in [6.07, 6.45) is -0.547. The van der Waals surface area contributed by atoms with Crippen molar-refractivity contribution in [3.8, 4) is 0 Å². The maximum absolute atomic E-state index is 10.2. The van der Waals surface area contributed by atoms with Crippen LogP contribution in [-0.4, -0.2) is 40.3 Å². The third-order valence-electron chi connectivity index (χ3n) is 3.09. The van der Waals surface area contributed by atoms with Gasteiger partial charge >= 0.3 is 0 Å². The van der Waals surface area contributed by atoms with Gasteiger partial charge in [0.05, 0.1) is 11.7 Å². The molecule has 4 nitrogen and oxygen atoms in total. The largest absolute Gasteiger partial charge is 0.389 e. The molecule has 0 bridgehead atoms. The smallest absolute Gasteiger partial charge is 0.0916 e. The SMILES string of the molecule is CCN(CC(O)c1ccc(CN)cc1)CC(C)(C)O. The van der Waals surface area contributed by atoms with Crippen molar-refractivity contribution < 1.29 is 10.2 Å². The molecular weight excluding hydrogens is 240 g/mol. The van der Waals surface area contributed by atoms with Gasteiger partial charge in [0, 0.05) is 19.6 Å². The number of hydrogen-bond donors (Lipinski definition) is 3. The fourth-order valence-corrected chi connectivity index (χ4v) is 2.08. The zero-order valence-corrected chi connectivity index (χ0v) is 12.1. The number of aliphatic hydroxyl groups is 2. The van der Waals surface area contributed by atoms with Crippen molar-refractivity contribution in [2.24, 2.45) is 5.73 Å². The Labute approximate surface area is 115 Å². The average molecular weight is 266 g/mol. The number of rotatable bonds is 7. The minimum absolute atomic E-state index is 0.510. The molecule has 1 rings (SSSR count). The van der Waals surface area contributed by atoms with Crippen LogP contribution in [0.4, 0.5) is 0 Å². The van der Waals surface area contributed by atoms with Crippen LogP contribution in [0, 0.1) is 0 Å². The highest BCUT2D eigenvalue weighted by molar-refractivity contribution is 5.24. The highest BCUT2D eigenvalue weighted by Gasteiger charge is 2.19. The van der Waals surface area contributed by atoms with Gasteiger partial charge < -0.3 is 15.9 Å². The molecule has 0 saturated heterocycles. The Kier molecular flexibility index (Phi) is 5.94. The molecule has 0 aliphatic heterocycles. The van der Waals surface area contributed by atoms with Gasteiger partial charge in [0.2, 0.25) is 0 Å².